The number of rotatable bonds is 3. The molecule has 106 valence electrons. The normalized spacial score (nSPS) is 14.5. The maximum atomic E-state index is 5.49. The fourth-order valence-electron chi connectivity index (χ4n) is 3.01. The highest BCUT2D eigenvalue weighted by molar-refractivity contribution is 5.84. The average molecular weight is 281 g/mol. The Balaban J connectivity index is 1.81. The molecule has 0 amide bonds. The minimum Gasteiger partial charge on any atom is -0.454 e. The zero-order valence-corrected chi connectivity index (χ0v) is 11.6. The minimum absolute atomic E-state index is 0.246. The number of quaternary nitrogens is 1. The highest BCUT2D eigenvalue weighted by Gasteiger charge is 2.21. The number of nitrogens with one attached hydrogen (secondary N) is 1. The first-order valence-electron chi connectivity index (χ1n) is 7.11. The van der Waals surface area contributed by atoms with E-state index in [1.54, 1.807) is 0 Å². The summed E-state index contributed by atoms with van der Waals surface area (Å²) < 4.78 is 10.9. The van der Waals surface area contributed by atoms with Gasteiger partial charge in [-0.25, -0.2) is 0 Å². The molecule has 0 aliphatic carbocycles. The fraction of sp³-hybridized carbons (Fsp3) is 0.176. The summed E-state index contributed by atoms with van der Waals surface area (Å²) in [5, 5.41) is 1.25. The monoisotopic (exact) mass is 281 g/mol. The molecule has 0 fully saturated rings. The van der Waals surface area contributed by atoms with Crippen molar-refractivity contribution >= 4 is 10.9 Å². The molecule has 1 aliphatic rings. The lowest BCUT2D eigenvalue weighted by Gasteiger charge is -2.13. The van der Waals surface area contributed by atoms with E-state index in [1.807, 2.05) is 12.1 Å². The number of fused-ring (bicyclic) bond motifs is 2. The molecule has 2 aromatic carbocycles. The standard InChI is InChI=1S/C17H16N2O2/c18-8-13(11-5-6-16-17(7-11)21-10-20-16)14-9-19-15-4-2-1-3-12(14)15/h1-7,9,13,19H,8,10,18H2/p+1/t13-/m0/s1. The van der Waals surface area contributed by atoms with E-state index >= 15 is 0 Å². The maximum absolute atomic E-state index is 5.49. The van der Waals surface area contributed by atoms with Gasteiger partial charge in [0.15, 0.2) is 11.5 Å². The summed E-state index contributed by atoms with van der Waals surface area (Å²) in [4.78, 5) is 3.34. The Morgan fingerprint density at radius 3 is 2.86 bits per heavy atom. The molecule has 21 heavy (non-hydrogen) atoms. The van der Waals surface area contributed by atoms with Crippen LogP contribution >= 0.6 is 0 Å². The second kappa shape index (κ2) is 4.82. The molecule has 1 atom stereocenters. The van der Waals surface area contributed by atoms with Crippen molar-refractivity contribution < 1.29 is 15.2 Å². The van der Waals surface area contributed by atoms with E-state index in [9.17, 15) is 0 Å². The summed E-state index contributed by atoms with van der Waals surface area (Å²) in [6.45, 7) is 1.10. The van der Waals surface area contributed by atoms with Gasteiger partial charge in [0.1, 0.15) is 0 Å². The van der Waals surface area contributed by atoms with Crippen molar-refractivity contribution in [2.24, 2.45) is 0 Å². The van der Waals surface area contributed by atoms with Crippen molar-refractivity contribution in [3.63, 3.8) is 0 Å². The molecule has 0 bridgehead atoms. The Bertz CT molecular complexity index is 794. The van der Waals surface area contributed by atoms with Crippen molar-refractivity contribution in [3.8, 4) is 11.5 Å². The van der Waals surface area contributed by atoms with Crippen LogP contribution in [0.15, 0.2) is 48.7 Å². The van der Waals surface area contributed by atoms with Crippen LogP contribution in [0.3, 0.4) is 0 Å². The molecular weight excluding hydrogens is 264 g/mol. The molecular formula is C17H17N2O2+. The van der Waals surface area contributed by atoms with E-state index in [0.29, 0.717) is 6.79 Å². The molecule has 4 rings (SSSR count). The largest absolute Gasteiger partial charge is 0.454 e. The van der Waals surface area contributed by atoms with Crippen LogP contribution in [0.1, 0.15) is 17.0 Å². The van der Waals surface area contributed by atoms with Crippen molar-refractivity contribution in [2.45, 2.75) is 5.92 Å². The second-order valence-corrected chi connectivity index (χ2v) is 5.24. The van der Waals surface area contributed by atoms with Gasteiger partial charge < -0.3 is 20.2 Å². The van der Waals surface area contributed by atoms with Gasteiger partial charge in [-0.1, -0.05) is 24.3 Å². The summed E-state index contributed by atoms with van der Waals surface area (Å²) in [6.07, 6.45) is 2.09. The second-order valence-electron chi connectivity index (χ2n) is 5.24. The van der Waals surface area contributed by atoms with Gasteiger partial charge in [0, 0.05) is 17.1 Å². The van der Waals surface area contributed by atoms with E-state index in [1.165, 1.54) is 16.5 Å². The van der Waals surface area contributed by atoms with E-state index < -0.39 is 0 Å². The van der Waals surface area contributed by atoms with Gasteiger partial charge in [-0.15, -0.1) is 0 Å². The van der Waals surface area contributed by atoms with Gasteiger partial charge in [0.2, 0.25) is 6.79 Å². The molecule has 4 N–H and O–H groups in total. The lowest BCUT2D eigenvalue weighted by atomic mass is 9.91. The van der Waals surface area contributed by atoms with Crippen molar-refractivity contribution in [2.75, 3.05) is 13.3 Å². The number of hydrogen-bond donors (Lipinski definition) is 2. The molecule has 0 saturated heterocycles. The third-order valence-corrected chi connectivity index (χ3v) is 4.08. The van der Waals surface area contributed by atoms with Gasteiger partial charge in [-0.3, -0.25) is 0 Å². The lowest BCUT2D eigenvalue weighted by Crippen LogP contribution is -2.53. The topological polar surface area (TPSA) is 61.9 Å². The van der Waals surface area contributed by atoms with E-state index in [4.69, 9.17) is 9.47 Å². The summed E-state index contributed by atoms with van der Waals surface area (Å²) in [7, 11) is 0. The molecule has 1 aliphatic heterocycles. The van der Waals surface area contributed by atoms with E-state index in [-0.39, 0.29) is 5.92 Å². The zero-order chi connectivity index (χ0) is 14.2. The quantitative estimate of drug-likeness (QED) is 0.773. The lowest BCUT2D eigenvalue weighted by molar-refractivity contribution is -0.370. The Kier molecular flexibility index (Phi) is 2.82. The van der Waals surface area contributed by atoms with Gasteiger partial charge >= 0.3 is 0 Å². The van der Waals surface area contributed by atoms with Crippen LogP contribution in [-0.2, 0) is 0 Å². The molecule has 3 aromatic rings. The van der Waals surface area contributed by atoms with Crippen LogP contribution in [-0.4, -0.2) is 18.3 Å². The van der Waals surface area contributed by atoms with Crippen LogP contribution in [0.25, 0.3) is 10.9 Å². The zero-order valence-electron chi connectivity index (χ0n) is 11.6. The van der Waals surface area contributed by atoms with Crippen molar-refractivity contribution in [1.29, 1.82) is 0 Å². The Morgan fingerprint density at radius 1 is 1.10 bits per heavy atom. The SMILES string of the molecule is [NH3+]C[C@@H](c1ccc2c(c1)OCO2)c1c[nH]c2ccccc12. The van der Waals surface area contributed by atoms with Gasteiger partial charge in [0.05, 0.1) is 12.5 Å². The number of para-hydroxylation sites is 1. The molecule has 0 unspecified atom stereocenters. The highest BCUT2D eigenvalue weighted by atomic mass is 16.7. The van der Waals surface area contributed by atoms with Crippen LogP contribution in [0, 0.1) is 0 Å². The summed E-state index contributed by atoms with van der Waals surface area (Å²) in [5.74, 6) is 1.89. The number of aromatic amines is 1. The minimum atomic E-state index is 0.246. The first-order chi connectivity index (χ1) is 10.4. The van der Waals surface area contributed by atoms with Crippen molar-refractivity contribution in [3.05, 3.63) is 59.8 Å². The third-order valence-electron chi connectivity index (χ3n) is 4.08. The highest BCUT2D eigenvalue weighted by Crippen LogP contribution is 2.37. The fourth-order valence-corrected chi connectivity index (χ4v) is 3.01. The molecule has 2 heterocycles. The molecule has 1 aromatic heterocycles. The smallest absolute Gasteiger partial charge is 0.231 e. The Labute approximate surface area is 122 Å². The molecule has 0 radical (unpaired) electrons. The average Bonchev–Trinajstić information content (AvgIpc) is 3.15. The number of benzene rings is 2. The number of hydrogen-bond acceptors (Lipinski definition) is 2. The van der Waals surface area contributed by atoms with Crippen LogP contribution in [0.5, 0.6) is 11.5 Å². The number of ether oxygens (including phenoxy) is 2. The number of H-pyrrole nitrogens is 1. The Hall–Kier alpha value is -2.46. The third kappa shape index (κ3) is 1.96. The predicted molar refractivity (Wildman–Crippen MR) is 80.5 cm³/mol. The van der Waals surface area contributed by atoms with E-state index in [0.717, 1.165) is 23.6 Å². The first kappa shape index (κ1) is 12.3. The van der Waals surface area contributed by atoms with Crippen LogP contribution in [0.2, 0.25) is 0 Å². The summed E-state index contributed by atoms with van der Waals surface area (Å²) in [6, 6.07) is 14.5. The van der Waals surface area contributed by atoms with Crippen LogP contribution in [0.4, 0.5) is 0 Å². The van der Waals surface area contributed by atoms with Crippen molar-refractivity contribution in [1.82, 2.24) is 4.98 Å². The van der Waals surface area contributed by atoms with Gasteiger partial charge in [-0.05, 0) is 29.3 Å². The Morgan fingerprint density at radius 2 is 1.95 bits per heavy atom. The molecule has 4 heteroatoms. The van der Waals surface area contributed by atoms with Gasteiger partial charge in [-0.2, -0.15) is 0 Å². The maximum Gasteiger partial charge on any atom is 0.231 e. The molecule has 0 spiro atoms. The predicted octanol–water partition coefficient (Wildman–Crippen LogP) is 2.27. The molecule has 4 nitrogen and oxygen atoms in total. The summed E-state index contributed by atoms with van der Waals surface area (Å²) in [5.41, 5.74) is 7.78. The summed E-state index contributed by atoms with van der Waals surface area (Å²) >= 11 is 0. The molecule has 0 saturated carbocycles. The van der Waals surface area contributed by atoms with Crippen LogP contribution < -0.4 is 15.2 Å². The first-order valence-corrected chi connectivity index (χ1v) is 7.11. The van der Waals surface area contributed by atoms with Gasteiger partial charge in [0.25, 0.3) is 0 Å². The number of aromatic nitrogens is 1. The van der Waals surface area contributed by atoms with E-state index in [2.05, 4.69) is 47.2 Å².